The minimum absolute atomic E-state index is 0.805. The predicted octanol–water partition coefficient (Wildman–Crippen LogP) is 2.17. The van der Waals surface area contributed by atoms with Crippen molar-refractivity contribution >= 4 is 11.3 Å². The lowest BCUT2D eigenvalue weighted by atomic mass is 9.83. The fourth-order valence-corrected chi connectivity index (χ4v) is 3.04. The van der Waals surface area contributed by atoms with Crippen LogP contribution in [0, 0.1) is 5.92 Å². The van der Waals surface area contributed by atoms with Crippen molar-refractivity contribution in [1.29, 1.82) is 0 Å². The summed E-state index contributed by atoms with van der Waals surface area (Å²) in [5.74, 6) is 1.66. The smallest absolute Gasteiger partial charge is 0.0932 e. The van der Waals surface area contributed by atoms with Gasteiger partial charge >= 0.3 is 0 Å². The number of hydrogen-bond acceptors (Lipinski definition) is 3. The highest BCUT2D eigenvalue weighted by Crippen LogP contribution is 2.36. The van der Waals surface area contributed by atoms with Crippen LogP contribution in [-0.4, -0.2) is 18.1 Å². The van der Waals surface area contributed by atoms with E-state index in [-0.39, 0.29) is 0 Å². The first-order chi connectivity index (χ1) is 6.92. The molecule has 1 aromatic rings. The molecule has 0 amide bonds. The molecule has 0 unspecified atom stereocenters. The highest BCUT2D eigenvalue weighted by molar-refractivity contribution is 7.09. The van der Waals surface area contributed by atoms with Gasteiger partial charge < -0.3 is 5.32 Å². The molecule has 2 nitrogen and oxygen atoms in total. The Morgan fingerprint density at radius 3 is 2.86 bits per heavy atom. The van der Waals surface area contributed by atoms with Crippen LogP contribution in [0.1, 0.15) is 35.9 Å². The van der Waals surface area contributed by atoms with E-state index in [1.54, 1.807) is 0 Å². The summed E-state index contributed by atoms with van der Waals surface area (Å²) in [6.45, 7) is 2.39. The second-order valence-corrected chi connectivity index (χ2v) is 5.46. The second-order valence-electron chi connectivity index (χ2n) is 4.52. The Bertz CT molecular complexity index is 313. The number of hydrogen-bond donors (Lipinski definition) is 1. The molecule has 76 valence electrons. The van der Waals surface area contributed by atoms with Crippen molar-refractivity contribution in [2.45, 2.75) is 31.6 Å². The number of nitrogens with one attached hydrogen (secondary N) is 1. The zero-order valence-corrected chi connectivity index (χ0v) is 9.15. The molecule has 1 N–H and O–H groups in total. The molecule has 0 atom stereocenters. The van der Waals surface area contributed by atoms with Crippen LogP contribution in [-0.2, 0) is 6.42 Å². The maximum atomic E-state index is 4.74. The average Bonchev–Trinajstić information content (AvgIpc) is 2.42. The molecule has 2 fully saturated rings. The van der Waals surface area contributed by atoms with E-state index in [1.165, 1.54) is 49.5 Å². The van der Waals surface area contributed by atoms with Crippen molar-refractivity contribution in [3.05, 3.63) is 16.1 Å². The van der Waals surface area contributed by atoms with E-state index in [4.69, 9.17) is 4.98 Å². The molecule has 0 bridgehead atoms. The van der Waals surface area contributed by atoms with Crippen molar-refractivity contribution in [2.75, 3.05) is 13.1 Å². The molecule has 0 aromatic carbocycles. The van der Waals surface area contributed by atoms with Crippen molar-refractivity contribution in [2.24, 2.45) is 5.92 Å². The standard InChI is InChI=1S/C11H16N2S/c1-2-9(3-1)10-7-14-11(13-10)4-8-5-12-6-8/h7-9,12H,1-6H2. The van der Waals surface area contributed by atoms with E-state index in [0.29, 0.717) is 0 Å². The van der Waals surface area contributed by atoms with Gasteiger partial charge in [0.1, 0.15) is 0 Å². The van der Waals surface area contributed by atoms with Crippen LogP contribution >= 0.6 is 11.3 Å². The summed E-state index contributed by atoms with van der Waals surface area (Å²) >= 11 is 1.87. The van der Waals surface area contributed by atoms with Crippen LogP contribution < -0.4 is 5.32 Å². The Morgan fingerprint density at radius 1 is 1.43 bits per heavy atom. The summed E-state index contributed by atoms with van der Waals surface area (Å²) in [4.78, 5) is 4.74. The van der Waals surface area contributed by atoms with Crippen LogP contribution in [0.2, 0.25) is 0 Å². The molecule has 1 aromatic heterocycles. The zero-order chi connectivity index (χ0) is 9.38. The summed E-state index contributed by atoms with van der Waals surface area (Å²) in [6.07, 6.45) is 5.34. The summed E-state index contributed by atoms with van der Waals surface area (Å²) in [7, 11) is 0. The fraction of sp³-hybridized carbons (Fsp3) is 0.727. The lowest BCUT2D eigenvalue weighted by Gasteiger charge is -2.26. The molecule has 2 heterocycles. The van der Waals surface area contributed by atoms with E-state index in [1.807, 2.05) is 11.3 Å². The van der Waals surface area contributed by atoms with Gasteiger partial charge in [-0.1, -0.05) is 6.42 Å². The van der Waals surface area contributed by atoms with Crippen LogP contribution in [0.15, 0.2) is 5.38 Å². The highest BCUT2D eigenvalue weighted by atomic mass is 32.1. The molecule has 3 heteroatoms. The summed E-state index contributed by atoms with van der Waals surface area (Å²) in [5.41, 5.74) is 1.38. The van der Waals surface area contributed by atoms with Gasteiger partial charge in [-0.05, 0) is 31.8 Å². The lowest BCUT2D eigenvalue weighted by molar-refractivity contribution is 0.345. The minimum atomic E-state index is 0.805. The predicted molar refractivity (Wildman–Crippen MR) is 58.8 cm³/mol. The average molecular weight is 208 g/mol. The normalized spacial score (nSPS) is 23.1. The van der Waals surface area contributed by atoms with E-state index in [2.05, 4.69) is 10.7 Å². The monoisotopic (exact) mass is 208 g/mol. The quantitative estimate of drug-likeness (QED) is 0.823. The Balaban J connectivity index is 1.63. The van der Waals surface area contributed by atoms with Crippen LogP contribution in [0.25, 0.3) is 0 Å². The first-order valence-corrected chi connectivity index (χ1v) is 6.45. The number of thiazole rings is 1. The largest absolute Gasteiger partial charge is 0.316 e. The van der Waals surface area contributed by atoms with Gasteiger partial charge in [0.05, 0.1) is 10.7 Å². The Hall–Kier alpha value is -0.410. The second kappa shape index (κ2) is 3.63. The highest BCUT2D eigenvalue weighted by Gasteiger charge is 2.23. The lowest BCUT2D eigenvalue weighted by Crippen LogP contribution is -2.43. The molecule has 0 spiro atoms. The SMILES string of the molecule is c1sc(CC2CNC2)nc1C1CCC1. The van der Waals surface area contributed by atoms with E-state index < -0.39 is 0 Å². The van der Waals surface area contributed by atoms with Crippen LogP contribution in [0.5, 0.6) is 0 Å². The molecule has 1 saturated carbocycles. The molecule has 3 rings (SSSR count). The molecular weight excluding hydrogens is 192 g/mol. The van der Waals surface area contributed by atoms with Gasteiger partial charge in [0.25, 0.3) is 0 Å². The maximum Gasteiger partial charge on any atom is 0.0932 e. The van der Waals surface area contributed by atoms with Crippen LogP contribution in [0.3, 0.4) is 0 Å². The van der Waals surface area contributed by atoms with E-state index in [9.17, 15) is 0 Å². The fourth-order valence-electron chi connectivity index (χ4n) is 2.05. The maximum absolute atomic E-state index is 4.74. The van der Waals surface area contributed by atoms with Gasteiger partial charge in [-0.3, -0.25) is 0 Å². The first kappa shape index (κ1) is 8.86. The number of aromatic nitrogens is 1. The number of nitrogens with zero attached hydrogens (tertiary/aromatic N) is 1. The Kier molecular flexibility index (Phi) is 2.30. The summed E-state index contributed by atoms with van der Waals surface area (Å²) < 4.78 is 0. The minimum Gasteiger partial charge on any atom is -0.316 e. The Labute approximate surface area is 88.7 Å². The third kappa shape index (κ3) is 1.59. The van der Waals surface area contributed by atoms with Crippen molar-refractivity contribution in [3.8, 4) is 0 Å². The van der Waals surface area contributed by atoms with Gasteiger partial charge in [0, 0.05) is 17.7 Å². The van der Waals surface area contributed by atoms with Crippen LogP contribution in [0.4, 0.5) is 0 Å². The Morgan fingerprint density at radius 2 is 2.29 bits per heavy atom. The molecule has 1 aliphatic heterocycles. The zero-order valence-electron chi connectivity index (χ0n) is 8.33. The van der Waals surface area contributed by atoms with Gasteiger partial charge in [-0.15, -0.1) is 11.3 Å². The topological polar surface area (TPSA) is 24.9 Å². The number of rotatable bonds is 3. The van der Waals surface area contributed by atoms with Crippen molar-refractivity contribution in [1.82, 2.24) is 10.3 Å². The molecule has 0 radical (unpaired) electrons. The molecule has 2 aliphatic rings. The first-order valence-electron chi connectivity index (χ1n) is 5.57. The molecule has 1 aliphatic carbocycles. The summed E-state index contributed by atoms with van der Waals surface area (Å²) in [5, 5.41) is 6.95. The van der Waals surface area contributed by atoms with Gasteiger partial charge in [-0.25, -0.2) is 4.98 Å². The van der Waals surface area contributed by atoms with Gasteiger partial charge in [-0.2, -0.15) is 0 Å². The summed E-state index contributed by atoms with van der Waals surface area (Å²) in [6, 6.07) is 0. The van der Waals surface area contributed by atoms with E-state index in [0.717, 1.165) is 11.8 Å². The van der Waals surface area contributed by atoms with E-state index >= 15 is 0 Å². The van der Waals surface area contributed by atoms with Crippen molar-refractivity contribution < 1.29 is 0 Å². The third-order valence-corrected chi connectivity index (χ3v) is 4.31. The molecule has 14 heavy (non-hydrogen) atoms. The molecular formula is C11H16N2S. The third-order valence-electron chi connectivity index (χ3n) is 3.42. The van der Waals surface area contributed by atoms with Crippen molar-refractivity contribution in [3.63, 3.8) is 0 Å². The molecule has 1 saturated heterocycles. The van der Waals surface area contributed by atoms with Gasteiger partial charge in [0.2, 0.25) is 0 Å². The van der Waals surface area contributed by atoms with Gasteiger partial charge in [0.15, 0.2) is 0 Å².